The molecule has 0 spiro atoms. The molecule has 0 radical (unpaired) electrons. The van der Waals surface area contributed by atoms with E-state index in [1.54, 1.807) is 0 Å². The first-order chi connectivity index (χ1) is 4.81. The largest absolute Gasteiger partial charge is 0.393 e. The van der Waals surface area contributed by atoms with Crippen LogP contribution >= 0.6 is 12.2 Å². The van der Waals surface area contributed by atoms with Gasteiger partial charge in [-0.2, -0.15) is 0 Å². The van der Waals surface area contributed by atoms with E-state index < -0.39 is 0 Å². The summed E-state index contributed by atoms with van der Waals surface area (Å²) in [6.07, 6.45) is 0.770. The first-order valence-corrected chi connectivity index (χ1v) is 4.28. The molecule has 0 fully saturated rings. The maximum Gasteiger partial charge on any atom is 0.0742 e. The van der Waals surface area contributed by atoms with Crippen LogP contribution in [0, 0.1) is 0 Å². The van der Waals surface area contributed by atoms with Gasteiger partial charge in [0.25, 0.3) is 0 Å². The molecule has 0 aromatic heterocycles. The fraction of sp³-hybridized carbons (Fsp3) is 0.875. The lowest BCUT2D eigenvalue weighted by atomic mass is 10.1. The van der Waals surface area contributed by atoms with E-state index in [2.05, 4.69) is 33.0 Å². The van der Waals surface area contributed by atoms with Crippen LogP contribution in [-0.2, 0) is 0 Å². The van der Waals surface area contributed by atoms with Crippen molar-refractivity contribution in [3.63, 3.8) is 0 Å². The highest BCUT2D eigenvalue weighted by atomic mass is 32.1. The van der Waals surface area contributed by atoms with Crippen LogP contribution in [0.25, 0.3) is 0 Å². The molecular formula is C8H18N2S. The molecule has 2 nitrogen and oxygen atoms in total. The molecule has 0 bridgehead atoms. The minimum Gasteiger partial charge on any atom is -0.393 e. The molecule has 11 heavy (non-hydrogen) atoms. The molecule has 0 rings (SSSR count). The summed E-state index contributed by atoms with van der Waals surface area (Å²) in [5, 5.41) is 3.38. The van der Waals surface area contributed by atoms with E-state index in [1.165, 1.54) is 0 Å². The molecule has 3 heteroatoms. The van der Waals surface area contributed by atoms with Crippen LogP contribution < -0.4 is 11.1 Å². The monoisotopic (exact) mass is 174 g/mol. The van der Waals surface area contributed by atoms with Crippen molar-refractivity contribution in [2.45, 2.75) is 45.7 Å². The topological polar surface area (TPSA) is 38.0 Å². The van der Waals surface area contributed by atoms with Gasteiger partial charge in [0.05, 0.1) is 4.99 Å². The van der Waals surface area contributed by atoms with Crippen LogP contribution in [0.5, 0.6) is 0 Å². The van der Waals surface area contributed by atoms with Gasteiger partial charge in [-0.1, -0.05) is 12.2 Å². The van der Waals surface area contributed by atoms with E-state index in [0.717, 1.165) is 6.42 Å². The minimum atomic E-state index is 0.143. The summed E-state index contributed by atoms with van der Waals surface area (Å²) in [6, 6.07) is 0.368. The standard InChI is InChI=1S/C8H18N2S/c1-6(5-7(9)11)10-8(2,3)4/h6,10H,5H2,1-4H3,(H2,9,11). The zero-order valence-corrected chi connectivity index (χ0v) is 8.59. The molecule has 0 aliphatic rings. The highest BCUT2D eigenvalue weighted by molar-refractivity contribution is 7.80. The lowest BCUT2D eigenvalue weighted by Crippen LogP contribution is -2.43. The van der Waals surface area contributed by atoms with Crippen LogP contribution in [0.15, 0.2) is 0 Å². The Morgan fingerprint density at radius 3 is 2.27 bits per heavy atom. The molecule has 1 unspecified atom stereocenters. The number of hydrogen-bond donors (Lipinski definition) is 2. The quantitative estimate of drug-likeness (QED) is 0.636. The van der Waals surface area contributed by atoms with Crippen LogP contribution in [0.2, 0.25) is 0 Å². The molecule has 0 heterocycles. The van der Waals surface area contributed by atoms with Crippen molar-refractivity contribution in [2.24, 2.45) is 5.73 Å². The summed E-state index contributed by atoms with van der Waals surface area (Å²) in [5.41, 5.74) is 5.55. The molecule has 0 aliphatic heterocycles. The first-order valence-electron chi connectivity index (χ1n) is 3.87. The van der Waals surface area contributed by atoms with Crippen LogP contribution in [-0.4, -0.2) is 16.6 Å². The van der Waals surface area contributed by atoms with Gasteiger partial charge in [0, 0.05) is 18.0 Å². The molecular weight excluding hydrogens is 156 g/mol. The third-order valence-electron chi connectivity index (χ3n) is 1.19. The zero-order chi connectivity index (χ0) is 9.07. The molecule has 0 saturated heterocycles. The van der Waals surface area contributed by atoms with E-state index in [0.29, 0.717) is 11.0 Å². The molecule has 0 saturated carbocycles. The summed E-state index contributed by atoms with van der Waals surface area (Å²) in [6.45, 7) is 8.47. The van der Waals surface area contributed by atoms with Crippen LogP contribution in [0.4, 0.5) is 0 Å². The Bertz CT molecular complexity index is 138. The SMILES string of the molecule is CC(CC(N)=S)NC(C)(C)C. The second kappa shape index (κ2) is 4.02. The Balaban J connectivity index is 3.69. The number of rotatable bonds is 3. The maximum absolute atomic E-state index is 5.40. The zero-order valence-electron chi connectivity index (χ0n) is 7.77. The summed E-state index contributed by atoms with van der Waals surface area (Å²) in [5.74, 6) is 0. The van der Waals surface area contributed by atoms with Gasteiger partial charge in [0.15, 0.2) is 0 Å². The predicted molar refractivity (Wildman–Crippen MR) is 53.8 cm³/mol. The number of hydrogen-bond acceptors (Lipinski definition) is 2. The molecule has 0 amide bonds. The van der Waals surface area contributed by atoms with Crippen LogP contribution in [0.3, 0.4) is 0 Å². The van der Waals surface area contributed by atoms with Gasteiger partial charge in [-0.25, -0.2) is 0 Å². The van der Waals surface area contributed by atoms with Gasteiger partial charge in [-0.15, -0.1) is 0 Å². The van der Waals surface area contributed by atoms with Gasteiger partial charge in [-0.05, 0) is 27.7 Å². The van der Waals surface area contributed by atoms with Gasteiger partial charge in [0.2, 0.25) is 0 Å². The average molecular weight is 174 g/mol. The fourth-order valence-corrected chi connectivity index (χ4v) is 1.34. The predicted octanol–water partition coefficient (Wildman–Crippen LogP) is 1.44. The number of thiocarbonyl (C=S) groups is 1. The second-order valence-electron chi connectivity index (χ2n) is 3.97. The number of nitrogens with one attached hydrogen (secondary N) is 1. The fourth-order valence-electron chi connectivity index (χ4n) is 1.09. The molecule has 3 N–H and O–H groups in total. The van der Waals surface area contributed by atoms with E-state index >= 15 is 0 Å². The molecule has 0 aliphatic carbocycles. The first kappa shape index (κ1) is 10.8. The third-order valence-corrected chi connectivity index (χ3v) is 1.35. The Morgan fingerprint density at radius 2 is 2.00 bits per heavy atom. The summed E-state index contributed by atoms with van der Waals surface area (Å²) in [4.78, 5) is 0.578. The van der Waals surface area contributed by atoms with Crippen molar-refractivity contribution in [2.75, 3.05) is 0 Å². The van der Waals surface area contributed by atoms with Crippen molar-refractivity contribution in [3.8, 4) is 0 Å². The average Bonchev–Trinajstić information content (AvgIpc) is 1.53. The third kappa shape index (κ3) is 7.75. The van der Waals surface area contributed by atoms with Crippen molar-refractivity contribution >= 4 is 17.2 Å². The lowest BCUT2D eigenvalue weighted by molar-refractivity contribution is 0.377. The summed E-state index contributed by atoms with van der Waals surface area (Å²) >= 11 is 4.80. The normalized spacial score (nSPS) is 14.5. The van der Waals surface area contributed by atoms with E-state index in [-0.39, 0.29) is 5.54 Å². The van der Waals surface area contributed by atoms with Gasteiger partial charge >= 0.3 is 0 Å². The van der Waals surface area contributed by atoms with E-state index in [9.17, 15) is 0 Å². The summed E-state index contributed by atoms with van der Waals surface area (Å²) in [7, 11) is 0. The van der Waals surface area contributed by atoms with Crippen molar-refractivity contribution in [3.05, 3.63) is 0 Å². The Kier molecular flexibility index (Phi) is 3.97. The lowest BCUT2D eigenvalue weighted by Gasteiger charge is -2.25. The smallest absolute Gasteiger partial charge is 0.0742 e. The van der Waals surface area contributed by atoms with Crippen LogP contribution in [0.1, 0.15) is 34.1 Å². The van der Waals surface area contributed by atoms with E-state index in [4.69, 9.17) is 18.0 Å². The highest BCUT2D eigenvalue weighted by Crippen LogP contribution is 2.02. The molecule has 66 valence electrons. The van der Waals surface area contributed by atoms with Crippen molar-refractivity contribution < 1.29 is 0 Å². The maximum atomic E-state index is 5.40. The van der Waals surface area contributed by atoms with Crippen molar-refractivity contribution in [1.82, 2.24) is 5.32 Å². The molecule has 1 atom stereocenters. The number of nitrogens with two attached hydrogens (primary N) is 1. The second-order valence-corrected chi connectivity index (χ2v) is 4.49. The molecule has 0 aromatic carbocycles. The van der Waals surface area contributed by atoms with Gasteiger partial charge in [0.1, 0.15) is 0 Å². The van der Waals surface area contributed by atoms with Gasteiger partial charge < -0.3 is 11.1 Å². The highest BCUT2D eigenvalue weighted by Gasteiger charge is 2.13. The Hall–Kier alpha value is -0.150. The minimum absolute atomic E-state index is 0.143. The van der Waals surface area contributed by atoms with E-state index in [1.807, 2.05) is 0 Å². The Morgan fingerprint density at radius 1 is 1.55 bits per heavy atom. The van der Waals surface area contributed by atoms with Crippen molar-refractivity contribution in [1.29, 1.82) is 0 Å². The van der Waals surface area contributed by atoms with Gasteiger partial charge in [-0.3, -0.25) is 0 Å². The molecule has 0 aromatic rings. The summed E-state index contributed by atoms with van der Waals surface area (Å²) < 4.78 is 0. The Labute approximate surface area is 74.5 Å².